The molecule has 1 heterocycles. The number of azo groups is 1. The molecular formula is C15H12N6O5S2. The van der Waals surface area contributed by atoms with Crippen molar-refractivity contribution < 1.29 is 18.4 Å². The largest absolute Gasteiger partial charge is 0.493 e. The summed E-state index contributed by atoms with van der Waals surface area (Å²) in [7, 11) is -3.88. The molecule has 11 nitrogen and oxygen atoms in total. The molecule has 144 valence electrons. The lowest BCUT2D eigenvalue weighted by atomic mass is 10.2. The molecule has 1 aromatic heterocycles. The summed E-state index contributed by atoms with van der Waals surface area (Å²) in [6.45, 7) is 0. The maximum Gasteiger partial charge on any atom is 0.270 e. The molecule has 13 heteroatoms. The van der Waals surface area contributed by atoms with Crippen LogP contribution in [-0.2, 0) is 10.0 Å². The molecule has 0 bridgehead atoms. The number of aromatic amines is 1. The Labute approximate surface area is 163 Å². The van der Waals surface area contributed by atoms with Crippen molar-refractivity contribution in [1.29, 1.82) is 0 Å². The topological polar surface area (TPSA) is 176 Å². The van der Waals surface area contributed by atoms with Crippen molar-refractivity contribution in [3.63, 3.8) is 0 Å². The molecule has 0 aliphatic heterocycles. The van der Waals surface area contributed by atoms with Gasteiger partial charge in [0.05, 0.1) is 15.3 Å². The van der Waals surface area contributed by atoms with Gasteiger partial charge in [0.15, 0.2) is 5.69 Å². The third kappa shape index (κ3) is 4.11. The molecule has 0 fully saturated rings. The molecule has 0 saturated carbocycles. The molecule has 0 aliphatic carbocycles. The highest BCUT2D eigenvalue weighted by molar-refractivity contribution is 7.89. The summed E-state index contributed by atoms with van der Waals surface area (Å²) in [5, 5.41) is 36.4. The summed E-state index contributed by atoms with van der Waals surface area (Å²) in [5.41, 5.74) is 0.538. The lowest BCUT2D eigenvalue weighted by molar-refractivity contribution is -0.384. The van der Waals surface area contributed by atoms with E-state index in [4.69, 9.17) is 17.4 Å². The Morgan fingerprint density at radius 1 is 1.29 bits per heavy atom. The number of hydrogen-bond acceptors (Lipinski definition) is 7. The minimum absolute atomic E-state index is 0.0267. The fraction of sp³-hybridized carbons (Fsp3) is 0. The number of fused-ring (bicyclic) bond motifs is 1. The first-order valence-corrected chi connectivity index (χ1v) is 9.45. The van der Waals surface area contributed by atoms with Crippen LogP contribution in [0.1, 0.15) is 0 Å². The van der Waals surface area contributed by atoms with Crippen LogP contribution in [0.15, 0.2) is 57.6 Å². The van der Waals surface area contributed by atoms with Gasteiger partial charge >= 0.3 is 0 Å². The molecular weight excluding hydrogens is 408 g/mol. The van der Waals surface area contributed by atoms with E-state index in [-0.39, 0.29) is 32.6 Å². The number of anilines is 1. The van der Waals surface area contributed by atoms with Crippen molar-refractivity contribution >= 4 is 55.3 Å². The number of sulfonamides is 1. The van der Waals surface area contributed by atoms with Crippen LogP contribution < -0.4 is 10.5 Å². The van der Waals surface area contributed by atoms with E-state index in [2.05, 4.69) is 20.5 Å². The Morgan fingerprint density at radius 2 is 2.04 bits per heavy atom. The van der Waals surface area contributed by atoms with E-state index in [1.54, 1.807) is 6.07 Å². The second kappa shape index (κ2) is 7.30. The third-order valence-electron chi connectivity index (χ3n) is 3.60. The highest BCUT2D eigenvalue weighted by Gasteiger charge is 2.15. The van der Waals surface area contributed by atoms with Gasteiger partial charge in [0.25, 0.3) is 5.69 Å². The van der Waals surface area contributed by atoms with Crippen LogP contribution >= 0.6 is 12.2 Å². The van der Waals surface area contributed by atoms with Crippen LogP contribution in [0.3, 0.4) is 0 Å². The van der Waals surface area contributed by atoms with E-state index < -0.39 is 14.9 Å². The molecule has 2 aromatic carbocycles. The van der Waals surface area contributed by atoms with E-state index in [0.717, 1.165) is 0 Å². The average molecular weight is 420 g/mol. The van der Waals surface area contributed by atoms with E-state index in [1.165, 1.54) is 36.4 Å². The number of thiocarbonyl (C=S) groups is 1. The summed E-state index contributed by atoms with van der Waals surface area (Å²) in [6, 6.07) is 9.55. The van der Waals surface area contributed by atoms with Crippen LogP contribution in [0.2, 0.25) is 0 Å². The number of primary sulfonamides is 1. The van der Waals surface area contributed by atoms with E-state index in [0.29, 0.717) is 11.2 Å². The number of aromatic nitrogens is 1. The van der Waals surface area contributed by atoms with Gasteiger partial charge in [-0.25, -0.2) is 13.6 Å². The molecule has 3 rings (SSSR count). The number of rotatable bonds is 4. The number of nitrogens with two attached hydrogens (primary N) is 1. The average Bonchev–Trinajstić information content (AvgIpc) is 2.93. The van der Waals surface area contributed by atoms with Gasteiger partial charge in [-0.2, -0.15) is 0 Å². The van der Waals surface area contributed by atoms with Gasteiger partial charge in [0.1, 0.15) is 0 Å². The zero-order valence-corrected chi connectivity index (χ0v) is 15.5. The first-order valence-electron chi connectivity index (χ1n) is 7.50. The zero-order valence-electron chi connectivity index (χ0n) is 13.9. The summed E-state index contributed by atoms with van der Waals surface area (Å²) >= 11 is 5.03. The maximum atomic E-state index is 11.4. The molecule has 5 N–H and O–H groups in total. The number of nitro groups is 1. The third-order valence-corrected chi connectivity index (χ3v) is 4.70. The van der Waals surface area contributed by atoms with Crippen molar-refractivity contribution in [3.05, 3.63) is 52.6 Å². The number of H-pyrrole nitrogens is 1. The first kappa shape index (κ1) is 19.3. The standard InChI is InChI=1S/C15H12N6O5S2/c16-28(25,26)10-3-1-2-8(6-10)17-15(27)20-19-13-11-7-9(21(23)24)4-5-12(11)18-14(13)22/h1-7,18,22H,(H,17,27)(H2,16,25,26). The van der Waals surface area contributed by atoms with Crippen molar-refractivity contribution in [2.24, 2.45) is 15.4 Å². The minimum Gasteiger partial charge on any atom is -0.493 e. The fourth-order valence-electron chi connectivity index (χ4n) is 2.36. The number of non-ortho nitro benzene ring substituents is 1. The van der Waals surface area contributed by atoms with Crippen LogP contribution in [0.25, 0.3) is 10.9 Å². The van der Waals surface area contributed by atoms with E-state index in [1.807, 2.05) is 0 Å². The Morgan fingerprint density at radius 3 is 2.71 bits per heavy atom. The number of benzene rings is 2. The Kier molecular flexibility index (Phi) is 5.04. The molecule has 28 heavy (non-hydrogen) atoms. The lowest BCUT2D eigenvalue weighted by Gasteiger charge is -2.05. The second-order valence-electron chi connectivity index (χ2n) is 5.51. The Balaban J connectivity index is 1.86. The molecule has 0 amide bonds. The Bertz CT molecular complexity index is 1230. The number of nitrogens with zero attached hydrogens (tertiary/aromatic N) is 3. The highest BCUT2D eigenvalue weighted by Crippen LogP contribution is 2.37. The van der Waals surface area contributed by atoms with Gasteiger partial charge in [-0.1, -0.05) is 6.07 Å². The van der Waals surface area contributed by atoms with Gasteiger partial charge in [0.2, 0.25) is 21.0 Å². The molecule has 0 spiro atoms. The van der Waals surface area contributed by atoms with Gasteiger partial charge in [-0.3, -0.25) is 10.1 Å². The van der Waals surface area contributed by atoms with E-state index >= 15 is 0 Å². The molecule has 3 aromatic rings. The van der Waals surface area contributed by atoms with E-state index in [9.17, 15) is 23.6 Å². The number of nitro benzene ring substituents is 1. The number of hydrogen-bond donors (Lipinski definition) is 4. The van der Waals surface area contributed by atoms with Crippen LogP contribution in [0, 0.1) is 10.1 Å². The van der Waals surface area contributed by atoms with Crippen LogP contribution in [0.4, 0.5) is 17.1 Å². The van der Waals surface area contributed by atoms with Gasteiger partial charge in [-0.15, -0.1) is 10.2 Å². The van der Waals surface area contributed by atoms with Crippen LogP contribution in [0.5, 0.6) is 5.88 Å². The second-order valence-corrected chi connectivity index (χ2v) is 7.46. The van der Waals surface area contributed by atoms with Gasteiger partial charge in [-0.05, 0) is 36.5 Å². The van der Waals surface area contributed by atoms with Gasteiger partial charge in [0, 0.05) is 23.2 Å². The lowest BCUT2D eigenvalue weighted by Crippen LogP contribution is -2.13. The molecule has 0 unspecified atom stereocenters. The summed E-state index contributed by atoms with van der Waals surface area (Å²) in [4.78, 5) is 12.9. The summed E-state index contributed by atoms with van der Waals surface area (Å²) < 4.78 is 22.8. The summed E-state index contributed by atoms with van der Waals surface area (Å²) in [5.74, 6) is -0.335. The fourth-order valence-corrected chi connectivity index (χ4v) is 3.08. The van der Waals surface area contributed by atoms with Crippen molar-refractivity contribution in [2.45, 2.75) is 4.90 Å². The SMILES string of the molecule is NS(=O)(=O)c1cccc(NC(=S)N=Nc2c(O)[nH]c3ccc([N+](=O)[O-])cc23)c1. The first-order chi connectivity index (χ1) is 13.1. The highest BCUT2D eigenvalue weighted by atomic mass is 32.2. The molecule has 0 aliphatic rings. The van der Waals surface area contributed by atoms with Crippen molar-refractivity contribution in [3.8, 4) is 5.88 Å². The number of nitrogens with one attached hydrogen (secondary N) is 2. The van der Waals surface area contributed by atoms with Crippen molar-refractivity contribution in [2.75, 3.05) is 5.32 Å². The maximum absolute atomic E-state index is 11.4. The number of aromatic hydroxyl groups is 1. The quantitative estimate of drug-likeness (QED) is 0.217. The van der Waals surface area contributed by atoms with Crippen LogP contribution in [-0.4, -0.2) is 28.5 Å². The Hall–Kier alpha value is -3.42. The summed E-state index contributed by atoms with van der Waals surface area (Å²) in [6.07, 6.45) is 0. The monoisotopic (exact) mass is 420 g/mol. The zero-order chi connectivity index (χ0) is 20.5. The van der Waals surface area contributed by atoms with Gasteiger partial charge < -0.3 is 15.4 Å². The smallest absolute Gasteiger partial charge is 0.270 e. The predicted molar refractivity (Wildman–Crippen MR) is 105 cm³/mol. The predicted octanol–water partition coefficient (Wildman–Crippen LogP) is 2.91. The minimum atomic E-state index is -3.88. The molecule has 0 saturated heterocycles. The van der Waals surface area contributed by atoms with Crippen molar-refractivity contribution in [1.82, 2.24) is 4.98 Å². The molecule has 0 radical (unpaired) electrons. The molecule has 0 atom stereocenters. The normalized spacial score (nSPS) is 11.8.